The Morgan fingerprint density at radius 1 is 1.21 bits per heavy atom. The number of aromatic hydroxyl groups is 1. The minimum absolute atomic E-state index is 0.116. The highest BCUT2D eigenvalue weighted by Gasteiger charge is 2.35. The smallest absolute Gasteiger partial charge is 0.410 e. The Labute approximate surface area is 171 Å². The average molecular weight is 422 g/mol. The number of carbonyl (C=O) groups excluding carboxylic acids is 1. The second-order valence-corrected chi connectivity index (χ2v) is 10.1. The number of pyridine rings is 1. The number of carbonyl (C=O) groups is 1. The van der Waals surface area contributed by atoms with E-state index in [4.69, 9.17) is 4.74 Å². The van der Waals surface area contributed by atoms with E-state index in [1.54, 1.807) is 50.8 Å². The highest BCUT2D eigenvalue weighted by molar-refractivity contribution is 7.89. The number of aromatic nitrogens is 1. The molecule has 0 spiro atoms. The van der Waals surface area contributed by atoms with E-state index in [1.807, 2.05) is 0 Å². The Morgan fingerprint density at radius 2 is 1.93 bits per heavy atom. The number of hydrogen-bond donors (Lipinski definition) is 1. The van der Waals surface area contributed by atoms with E-state index in [1.165, 1.54) is 16.6 Å². The number of nitrogens with zero attached hydrogens (tertiary/aromatic N) is 3. The zero-order valence-corrected chi connectivity index (χ0v) is 17.9. The van der Waals surface area contributed by atoms with E-state index >= 15 is 0 Å². The lowest BCUT2D eigenvalue weighted by Crippen LogP contribution is -2.45. The van der Waals surface area contributed by atoms with Crippen LogP contribution in [0.5, 0.6) is 5.88 Å². The molecule has 1 aromatic carbocycles. The zero-order valence-electron chi connectivity index (χ0n) is 17.1. The van der Waals surface area contributed by atoms with Gasteiger partial charge in [-0.1, -0.05) is 6.07 Å². The summed E-state index contributed by atoms with van der Waals surface area (Å²) in [7, 11) is -3.85. The summed E-state index contributed by atoms with van der Waals surface area (Å²) < 4.78 is 33.8. The van der Waals surface area contributed by atoms with E-state index in [0.29, 0.717) is 23.7 Å². The van der Waals surface area contributed by atoms with Gasteiger partial charge in [-0.15, -0.1) is 0 Å². The summed E-state index contributed by atoms with van der Waals surface area (Å²) in [4.78, 5) is 17.9. The van der Waals surface area contributed by atoms with Crippen LogP contribution in [0.15, 0.2) is 35.4 Å². The van der Waals surface area contributed by atoms with Gasteiger partial charge < -0.3 is 14.7 Å². The number of fused-ring (bicyclic) bond motifs is 1. The summed E-state index contributed by atoms with van der Waals surface area (Å²) in [6.45, 7) is 8.13. The third-order valence-electron chi connectivity index (χ3n) is 4.77. The summed E-state index contributed by atoms with van der Waals surface area (Å²) in [6.07, 6.45) is 1.44. The van der Waals surface area contributed by atoms with Gasteiger partial charge in [0.2, 0.25) is 15.9 Å². The van der Waals surface area contributed by atoms with Crippen molar-refractivity contribution in [1.29, 1.82) is 0 Å². The number of sulfonamides is 1. The van der Waals surface area contributed by atoms with Gasteiger partial charge >= 0.3 is 6.09 Å². The molecule has 29 heavy (non-hydrogen) atoms. The molecule has 1 aliphatic heterocycles. The predicted octanol–water partition coefficient (Wildman–Crippen LogP) is 2.96. The van der Waals surface area contributed by atoms with Crippen LogP contribution >= 0.6 is 0 Å². The van der Waals surface area contributed by atoms with Crippen molar-refractivity contribution in [2.24, 2.45) is 0 Å². The number of hydrogen-bond acceptors (Lipinski definition) is 6. The van der Waals surface area contributed by atoms with Crippen molar-refractivity contribution in [3.63, 3.8) is 0 Å². The largest absolute Gasteiger partial charge is 0.493 e. The molecule has 1 amide bonds. The first-order valence-electron chi connectivity index (χ1n) is 9.57. The first-order chi connectivity index (χ1) is 13.5. The third-order valence-corrected chi connectivity index (χ3v) is 6.84. The van der Waals surface area contributed by atoms with Crippen LogP contribution in [0.1, 0.15) is 34.1 Å². The SMILES string of the molecule is CC1CN(C(=O)OC(C)(C)C)CCCN1S(=O)(=O)c1cccc2c(O)nccc12. The highest BCUT2D eigenvalue weighted by Crippen LogP contribution is 2.31. The monoisotopic (exact) mass is 421 g/mol. The lowest BCUT2D eigenvalue weighted by Gasteiger charge is -2.30. The number of benzene rings is 1. The van der Waals surface area contributed by atoms with Gasteiger partial charge in [0.1, 0.15) is 5.60 Å². The van der Waals surface area contributed by atoms with E-state index in [2.05, 4.69) is 4.98 Å². The Kier molecular flexibility index (Phi) is 5.73. The molecule has 2 heterocycles. The van der Waals surface area contributed by atoms with Crippen LogP contribution < -0.4 is 0 Å². The molecule has 8 nitrogen and oxygen atoms in total. The molecular formula is C20H27N3O5S. The number of ether oxygens (including phenoxy) is 1. The van der Waals surface area contributed by atoms with Crippen LogP contribution in [0.2, 0.25) is 0 Å². The molecule has 1 atom stereocenters. The molecule has 2 aromatic rings. The number of rotatable bonds is 2. The molecule has 0 radical (unpaired) electrons. The van der Waals surface area contributed by atoms with Crippen molar-refractivity contribution in [2.45, 2.75) is 50.7 Å². The second-order valence-electron chi connectivity index (χ2n) is 8.23. The molecule has 0 saturated carbocycles. The molecule has 1 aromatic heterocycles. The molecule has 158 valence electrons. The van der Waals surface area contributed by atoms with Gasteiger partial charge in [-0.25, -0.2) is 18.2 Å². The maximum absolute atomic E-state index is 13.5. The van der Waals surface area contributed by atoms with Crippen LogP contribution in [0.25, 0.3) is 10.8 Å². The Hall–Kier alpha value is -2.39. The molecule has 1 fully saturated rings. The van der Waals surface area contributed by atoms with Gasteiger partial charge in [0.05, 0.1) is 4.90 Å². The molecule has 1 saturated heterocycles. The number of amides is 1. The molecule has 0 aliphatic carbocycles. The van der Waals surface area contributed by atoms with Crippen LogP contribution in [0, 0.1) is 0 Å². The minimum atomic E-state index is -3.85. The molecule has 1 aliphatic rings. The van der Waals surface area contributed by atoms with Gasteiger partial charge in [0.15, 0.2) is 0 Å². The lowest BCUT2D eigenvalue weighted by atomic mass is 10.2. The maximum atomic E-state index is 13.5. The molecule has 1 N–H and O–H groups in total. The fourth-order valence-corrected chi connectivity index (χ4v) is 5.37. The minimum Gasteiger partial charge on any atom is -0.493 e. The first kappa shape index (κ1) is 21.3. The normalized spacial score (nSPS) is 19.2. The maximum Gasteiger partial charge on any atom is 0.410 e. The standard InChI is InChI=1S/C20H27N3O5S/c1-14-13-22(19(25)28-20(2,3)4)11-6-12-23(14)29(26,27)17-8-5-7-16-15(17)9-10-21-18(16)24/h5,7-10,14H,6,11-13H2,1-4H3,(H,21,24). The average Bonchev–Trinajstić information content (AvgIpc) is 2.82. The fraction of sp³-hybridized carbons (Fsp3) is 0.500. The van der Waals surface area contributed by atoms with Crippen LogP contribution in [0.3, 0.4) is 0 Å². The summed E-state index contributed by atoms with van der Waals surface area (Å²) in [5, 5.41) is 10.8. The van der Waals surface area contributed by atoms with E-state index in [-0.39, 0.29) is 23.9 Å². The van der Waals surface area contributed by atoms with Gasteiger partial charge in [-0.05, 0) is 52.3 Å². The van der Waals surface area contributed by atoms with Crippen molar-refractivity contribution in [3.05, 3.63) is 30.5 Å². The Balaban J connectivity index is 1.91. The summed E-state index contributed by atoms with van der Waals surface area (Å²) in [6, 6.07) is 5.90. The first-order valence-corrected chi connectivity index (χ1v) is 11.0. The van der Waals surface area contributed by atoms with Gasteiger partial charge in [0, 0.05) is 42.6 Å². The third kappa shape index (κ3) is 4.45. The quantitative estimate of drug-likeness (QED) is 0.800. The van der Waals surface area contributed by atoms with Crippen molar-refractivity contribution in [3.8, 4) is 5.88 Å². The van der Waals surface area contributed by atoms with Crippen molar-refractivity contribution in [1.82, 2.24) is 14.2 Å². The molecule has 1 unspecified atom stereocenters. The zero-order chi connectivity index (χ0) is 21.4. The van der Waals surface area contributed by atoms with E-state index in [9.17, 15) is 18.3 Å². The van der Waals surface area contributed by atoms with Crippen molar-refractivity contribution < 1.29 is 23.1 Å². The highest BCUT2D eigenvalue weighted by atomic mass is 32.2. The van der Waals surface area contributed by atoms with Gasteiger partial charge in [-0.3, -0.25) is 0 Å². The summed E-state index contributed by atoms with van der Waals surface area (Å²) in [5.41, 5.74) is -0.614. The van der Waals surface area contributed by atoms with Crippen molar-refractivity contribution >= 4 is 26.9 Å². The van der Waals surface area contributed by atoms with Gasteiger partial charge in [-0.2, -0.15) is 4.31 Å². The molecule has 9 heteroatoms. The lowest BCUT2D eigenvalue weighted by molar-refractivity contribution is 0.0244. The molecule has 0 bridgehead atoms. The molecule has 3 rings (SSSR count). The Morgan fingerprint density at radius 3 is 2.62 bits per heavy atom. The predicted molar refractivity (Wildman–Crippen MR) is 109 cm³/mol. The topological polar surface area (TPSA) is 100 Å². The van der Waals surface area contributed by atoms with Crippen molar-refractivity contribution in [2.75, 3.05) is 19.6 Å². The Bertz CT molecular complexity index is 1020. The van der Waals surface area contributed by atoms with E-state index < -0.39 is 27.8 Å². The van der Waals surface area contributed by atoms with Crippen LogP contribution in [-0.2, 0) is 14.8 Å². The second kappa shape index (κ2) is 7.79. The van der Waals surface area contributed by atoms with Crippen LogP contribution in [-0.4, -0.2) is 65.1 Å². The van der Waals surface area contributed by atoms with Gasteiger partial charge in [0.25, 0.3) is 0 Å². The van der Waals surface area contributed by atoms with Crippen LogP contribution in [0.4, 0.5) is 4.79 Å². The van der Waals surface area contributed by atoms with E-state index in [0.717, 1.165) is 0 Å². The molecular weight excluding hydrogens is 394 g/mol. The fourth-order valence-electron chi connectivity index (χ4n) is 3.50. The summed E-state index contributed by atoms with van der Waals surface area (Å²) >= 11 is 0. The summed E-state index contributed by atoms with van der Waals surface area (Å²) in [5.74, 6) is -0.209.